The Hall–Kier alpha value is -3.04. The van der Waals surface area contributed by atoms with Crippen LogP contribution in [0, 0.1) is 0 Å². The zero-order valence-electron chi connectivity index (χ0n) is 21.2. The molecule has 1 fully saturated rings. The molecule has 36 heavy (non-hydrogen) atoms. The average molecular weight is 507 g/mol. The highest BCUT2D eigenvalue weighted by Crippen LogP contribution is 2.38. The molecule has 2 aliphatic rings. The van der Waals surface area contributed by atoms with Gasteiger partial charge in [0.2, 0.25) is 5.88 Å². The van der Waals surface area contributed by atoms with Gasteiger partial charge < -0.3 is 15.0 Å². The number of nitrogens with one attached hydrogen (secondary N) is 2. The number of carbonyl (C=O) groups excluding carboxylic acids is 1. The number of ether oxygens (including phenoxy) is 1. The summed E-state index contributed by atoms with van der Waals surface area (Å²) in [6, 6.07) is 10.2. The quantitative estimate of drug-likeness (QED) is 0.422. The first-order chi connectivity index (χ1) is 17.5. The second-order valence-corrected chi connectivity index (χ2v) is 10.7. The SMILES string of the molecule is CC(C)n1ccc(SNC(=O)Nc2c(-c3ccnc(OC4CCN(C)CC4)c3)ccc3c2CCC3)n1. The summed E-state index contributed by atoms with van der Waals surface area (Å²) >= 11 is 1.22. The Morgan fingerprint density at radius 1 is 1.17 bits per heavy atom. The maximum Gasteiger partial charge on any atom is 0.329 e. The first-order valence-electron chi connectivity index (χ1n) is 12.7. The van der Waals surface area contributed by atoms with Gasteiger partial charge in [-0.05, 0) is 81.8 Å². The van der Waals surface area contributed by atoms with Crippen LogP contribution >= 0.6 is 11.9 Å². The number of anilines is 1. The van der Waals surface area contributed by atoms with Crippen LogP contribution in [0.4, 0.5) is 10.5 Å². The zero-order valence-corrected chi connectivity index (χ0v) is 22.0. The third-order valence-corrected chi connectivity index (χ3v) is 7.60. The van der Waals surface area contributed by atoms with Gasteiger partial charge in [0, 0.05) is 55.1 Å². The van der Waals surface area contributed by atoms with E-state index in [2.05, 4.69) is 58.0 Å². The van der Waals surface area contributed by atoms with E-state index in [9.17, 15) is 4.79 Å². The lowest BCUT2D eigenvalue weighted by Gasteiger charge is -2.29. The van der Waals surface area contributed by atoms with Crippen molar-refractivity contribution in [2.45, 2.75) is 63.1 Å². The summed E-state index contributed by atoms with van der Waals surface area (Å²) in [5.41, 5.74) is 5.35. The number of likely N-dealkylation sites (tertiary alicyclic amines) is 1. The van der Waals surface area contributed by atoms with Gasteiger partial charge in [-0.25, -0.2) is 9.78 Å². The molecule has 1 aliphatic heterocycles. The molecule has 0 radical (unpaired) electrons. The fraction of sp³-hybridized carbons (Fsp3) is 0.444. The van der Waals surface area contributed by atoms with Crippen molar-refractivity contribution in [1.29, 1.82) is 0 Å². The number of aryl methyl sites for hydroxylation is 1. The molecule has 8 nitrogen and oxygen atoms in total. The molecule has 3 heterocycles. The second kappa shape index (κ2) is 10.9. The van der Waals surface area contributed by atoms with Crippen molar-refractivity contribution in [1.82, 2.24) is 24.4 Å². The first-order valence-corrected chi connectivity index (χ1v) is 13.5. The Bertz CT molecular complexity index is 1220. The summed E-state index contributed by atoms with van der Waals surface area (Å²) < 4.78 is 11.0. The number of fused-ring (bicyclic) bond motifs is 1. The van der Waals surface area contributed by atoms with E-state index in [-0.39, 0.29) is 18.2 Å². The number of aromatic nitrogens is 3. The summed E-state index contributed by atoms with van der Waals surface area (Å²) in [6.07, 6.45) is 8.98. The van der Waals surface area contributed by atoms with Crippen LogP contribution in [0.3, 0.4) is 0 Å². The third-order valence-electron chi connectivity index (χ3n) is 6.88. The Morgan fingerprint density at radius 3 is 2.78 bits per heavy atom. The van der Waals surface area contributed by atoms with E-state index in [1.165, 1.54) is 23.1 Å². The number of hydrogen-bond donors (Lipinski definition) is 2. The molecule has 1 saturated heterocycles. The predicted molar refractivity (Wildman–Crippen MR) is 143 cm³/mol. The summed E-state index contributed by atoms with van der Waals surface area (Å²) in [5, 5.41) is 8.38. The van der Waals surface area contributed by atoms with Crippen LogP contribution in [-0.4, -0.2) is 51.9 Å². The molecule has 190 valence electrons. The molecule has 2 aromatic heterocycles. The van der Waals surface area contributed by atoms with Crippen LogP contribution in [0.25, 0.3) is 11.1 Å². The number of piperidine rings is 1. The number of amides is 2. The van der Waals surface area contributed by atoms with Crippen molar-refractivity contribution in [2.24, 2.45) is 0 Å². The molecular formula is C27H34N6O2S. The molecule has 1 aliphatic carbocycles. The third kappa shape index (κ3) is 5.68. The zero-order chi connectivity index (χ0) is 25.1. The number of rotatable bonds is 7. The molecule has 0 unspecified atom stereocenters. The predicted octanol–water partition coefficient (Wildman–Crippen LogP) is 5.32. The Kier molecular flexibility index (Phi) is 7.48. The van der Waals surface area contributed by atoms with E-state index in [1.807, 2.05) is 29.1 Å². The molecule has 1 aromatic carbocycles. The molecule has 3 aromatic rings. The van der Waals surface area contributed by atoms with Crippen molar-refractivity contribution in [2.75, 3.05) is 25.5 Å². The maximum atomic E-state index is 12.9. The molecule has 0 spiro atoms. The molecule has 0 atom stereocenters. The Morgan fingerprint density at radius 2 is 2.00 bits per heavy atom. The minimum atomic E-state index is -0.266. The average Bonchev–Trinajstić information content (AvgIpc) is 3.55. The van der Waals surface area contributed by atoms with Gasteiger partial charge >= 0.3 is 6.03 Å². The summed E-state index contributed by atoms with van der Waals surface area (Å²) in [6.45, 7) is 6.22. The maximum absolute atomic E-state index is 12.9. The number of benzene rings is 1. The van der Waals surface area contributed by atoms with E-state index in [0.717, 1.165) is 67.0 Å². The van der Waals surface area contributed by atoms with Gasteiger partial charge in [0.25, 0.3) is 0 Å². The first kappa shape index (κ1) is 24.6. The van der Waals surface area contributed by atoms with E-state index in [4.69, 9.17) is 4.74 Å². The van der Waals surface area contributed by atoms with Gasteiger partial charge in [0.05, 0.1) is 5.69 Å². The van der Waals surface area contributed by atoms with Gasteiger partial charge in [0.15, 0.2) is 0 Å². The normalized spacial score (nSPS) is 16.2. The Labute approximate surface area is 216 Å². The molecule has 9 heteroatoms. The van der Waals surface area contributed by atoms with Gasteiger partial charge in [-0.15, -0.1) is 0 Å². The largest absolute Gasteiger partial charge is 0.474 e. The van der Waals surface area contributed by atoms with E-state index < -0.39 is 0 Å². The van der Waals surface area contributed by atoms with Crippen LogP contribution < -0.4 is 14.8 Å². The van der Waals surface area contributed by atoms with Crippen molar-refractivity contribution in [3.05, 3.63) is 53.9 Å². The fourth-order valence-corrected chi connectivity index (χ4v) is 5.38. The number of urea groups is 1. The van der Waals surface area contributed by atoms with Gasteiger partial charge in [-0.1, -0.05) is 12.1 Å². The van der Waals surface area contributed by atoms with Crippen LogP contribution in [0.1, 0.15) is 50.3 Å². The lowest BCUT2D eigenvalue weighted by molar-refractivity contribution is 0.110. The highest BCUT2D eigenvalue weighted by molar-refractivity contribution is 7.97. The van der Waals surface area contributed by atoms with Gasteiger partial charge in [-0.2, -0.15) is 5.10 Å². The topological polar surface area (TPSA) is 84.3 Å². The summed E-state index contributed by atoms with van der Waals surface area (Å²) in [4.78, 5) is 19.7. The minimum absolute atomic E-state index is 0.184. The van der Waals surface area contributed by atoms with Crippen molar-refractivity contribution in [3.63, 3.8) is 0 Å². The highest BCUT2D eigenvalue weighted by atomic mass is 32.2. The van der Waals surface area contributed by atoms with E-state index in [1.54, 1.807) is 6.20 Å². The molecule has 0 saturated carbocycles. The molecule has 2 N–H and O–H groups in total. The number of hydrogen-bond acceptors (Lipinski definition) is 6. The number of carbonyl (C=O) groups is 1. The standard InChI is InChI=1S/C27H34N6O2S/c1-18(2)33-16-12-25(30-33)36-31-27(34)29-26-22-6-4-5-19(22)7-8-23(26)20-9-13-28-24(17-20)35-21-10-14-32(3)15-11-21/h7-9,12-13,16-18,21H,4-6,10-11,14-15H2,1-3H3,(H2,29,31,34). The second-order valence-electron chi connectivity index (χ2n) is 9.87. The smallest absolute Gasteiger partial charge is 0.329 e. The summed E-state index contributed by atoms with van der Waals surface area (Å²) in [5.74, 6) is 0.634. The van der Waals surface area contributed by atoms with Crippen LogP contribution in [0.2, 0.25) is 0 Å². The van der Waals surface area contributed by atoms with Crippen LogP contribution in [-0.2, 0) is 12.8 Å². The number of pyridine rings is 1. The van der Waals surface area contributed by atoms with Crippen LogP contribution in [0.15, 0.2) is 47.8 Å². The van der Waals surface area contributed by atoms with Crippen molar-refractivity contribution in [3.8, 4) is 17.0 Å². The molecular weight excluding hydrogens is 472 g/mol. The Balaban J connectivity index is 1.33. The van der Waals surface area contributed by atoms with Crippen molar-refractivity contribution >= 4 is 23.7 Å². The lowest BCUT2D eigenvalue weighted by Crippen LogP contribution is -2.35. The lowest BCUT2D eigenvalue weighted by atomic mass is 9.98. The molecule has 5 rings (SSSR count). The minimum Gasteiger partial charge on any atom is -0.474 e. The molecule has 2 amide bonds. The van der Waals surface area contributed by atoms with Crippen LogP contribution in [0.5, 0.6) is 5.88 Å². The molecule has 0 bridgehead atoms. The summed E-state index contributed by atoms with van der Waals surface area (Å²) in [7, 11) is 2.14. The van der Waals surface area contributed by atoms with E-state index in [0.29, 0.717) is 5.88 Å². The fourth-order valence-electron chi connectivity index (χ4n) is 4.86. The highest BCUT2D eigenvalue weighted by Gasteiger charge is 2.22. The van der Waals surface area contributed by atoms with Gasteiger partial charge in [-0.3, -0.25) is 9.40 Å². The van der Waals surface area contributed by atoms with E-state index >= 15 is 0 Å². The van der Waals surface area contributed by atoms with Gasteiger partial charge in [0.1, 0.15) is 11.1 Å². The number of nitrogens with zero attached hydrogens (tertiary/aromatic N) is 4. The monoisotopic (exact) mass is 506 g/mol. The van der Waals surface area contributed by atoms with Crippen molar-refractivity contribution < 1.29 is 9.53 Å².